The first kappa shape index (κ1) is 14.2. The molecule has 1 aliphatic carbocycles. The lowest BCUT2D eigenvalue weighted by molar-refractivity contribution is -0.124. The lowest BCUT2D eigenvalue weighted by atomic mass is 9.68. The highest BCUT2D eigenvalue weighted by Crippen LogP contribution is 2.49. The Bertz CT molecular complexity index is 722. The normalized spacial score (nSPS) is 31.5. The number of rotatable bonds is 2. The topological polar surface area (TPSA) is 43.4 Å². The SMILES string of the molecule is CO[C@]12CC(CN)CN(C)[C@@H]1Cc1cn(C)c3cccc2c13. The maximum absolute atomic E-state index is 6.24. The number of aryl methyl sites for hydroxylation is 1. The molecule has 118 valence electrons. The third-order valence-corrected chi connectivity index (χ3v) is 5.87. The van der Waals surface area contributed by atoms with Crippen molar-refractivity contribution in [2.75, 3.05) is 27.2 Å². The second kappa shape index (κ2) is 4.82. The minimum atomic E-state index is -0.231. The summed E-state index contributed by atoms with van der Waals surface area (Å²) in [6.07, 6.45) is 4.36. The summed E-state index contributed by atoms with van der Waals surface area (Å²) >= 11 is 0. The molecule has 1 fully saturated rings. The quantitative estimate of drug-likeness (QED) is 0.920. The Morgan fingerprint density at radius 2 is 2.18 bits per heavy atom. The van der Waals surface area contributed by atoms with Gasteiger partial charge in [-0.15, -0.1) is 0 Å². The van der Waals surface area contributed by atoms with Crippen molar-refractivity contribution < 1.29 is 4.74 Å². The molecule has 2 aliphatic rings. The second-order valence-electron chi connectivity index (χ2n) is 7.02. The molecule has 2 aromatic rings. The van der Waals surface area contributed by atoms with Crippen molar-refractivity contribution >= 4 is 10.9 Å². The number of likely N-dealkylation sites (N-methyl/N-ethyl adjacent to an activating group) is 1. The maximum atomic E-state index is 6.24. The van der Waals surface area contributed by atoms with Crippen LogP contribution in [0.5, 0.6) is 0 Å². The van der Waals surface area contributed by atoms with Gasteiger partial charge < -0.3 is 15.0 Å². The minimum Gasteiger partial charge on any atom is -0.372 e. The van der Waals surface area contributed by atoms with Gasteiger partial charge in [0.15, 0.2) is 0 Å². The first-order valence-corrected chi connectivity index (χ1v) is 8.13. The van der Waals surface area contributed by atoms with E-state index < -0.39 is 0 Å². The molecule has 1 aliphatic heterocycles. The van der Waals surface area contributed by atoms with E-state index in [9.17, 15) is 0 Å². The fourth-order valence-corrected chi connectivity index (χ4v) is 4.87. The van der Waals surface area contributed by atoms with Crippen LogP contribution in [0.15, 0.2) is 24.4 Å². The van der Waals surface area contributed by atoms with Gasteiger partial charge in [-0.1, -0.05) is 12.1 Å². The van der Waals surface area contributed by atoms with Crippen molar-refractivity contribution in [3.05, 3.63) is 35.5 Å². The predicted molar refractivity (Wildman–Crippen MR) is 88.9 cm³/mol. The maximum Gasteiger partial charge on any atom is 0.109 e. The van der Waals surface area contributed by atoms with Crippen LogP contribution < -0.4 is 5.73 Å². The van der Waals surface area contributed by atoms with Gasteiger partial charge in [-0.25, -0.2) is 0 Å². The van der Waals surface area contributed by atoms with E-state index in [1.807, 2.05) is 7.11 Å². The van der Waals surface area contributed by atoms with Crippen molar-refractivity contribution in [2.45, 2.75) is 24.5 Å². The minimum absolute atomic E-state index is 0.231. The Kier molecular flexibility index (Phi) is 3.12. The van der Waals surface area contributed by atoms with Gasteiger partial charge in [0.2, 0.25) is 0 Å². The average Bonchev–Trinajstić information content (AvgIpc) is 2.86. The van der Waals surface area contributed by atoms with E-state index in [0.717, 1.165) is 25.9 Å². The summed E-state index contributed by atoms with van der Waals surface area (Å²) in [5.74, 6) is 0.488. The van der Waals surface area contributed by atoms with Gasteiger partial charge in [0, 0.05) is 43.8 Å². The van der Waals surface area contributed by atoms with E-state index in [1.165, 1.54) is 22.0 Å². The number of benzene rings is 1. The molecular formula is C18H25N3O. The number of aromatic nitrogens is 1. The number of ether oxygens (including phenoxy) is 1. The zero-order valence-corrected chi connectivity index (χ0v) is 13.7. The average molecular weight is 299 g/mol. The van der Waals surface area contributed by atoms with Crippen LogP contribution in [0.2, 0.25) is 0 Å². The molecule has 1 saturated heterocycles. The molecule has 0 spiro atoms. The van der Waals surface area contributed by atoms with Crippen LogP contribution in [0.1, 0.15) is 17.5 Å². The highest BCUT2D eigenvalue weighted by molar-refractivity contribution is 5.89. The number of hydrogen-bond acceptors (Lipinski definition) is 3. The zero-order chi connectivity index (χ0) is 15.5. The summed E-state index contributed by atoms with van der Waals surface area (Å²) < 4.78 is 8.48. The Hall–Kier alpha value is -1.36. The molecule has 2 heterocycles. The van der Waals surface area contributed by atoms with Gasteiger partial charge in [0.05, 0.1) is 0 Å². The standard InChI is InChI=1S/C18H25N3O/c1-20-11-13-7-16-18(22-3,8-12(9-19)10-21(16)2)14-5-4-6-15(20)17(13)14/h4-6,11-12,16H,7-10,19H2,1-3H3/t12?,16-,18+/m1/s1. The summed E-state index contributed by atoms with van der Waals surface area (Å²) in [4.78, 5) is 2.46. The Labute approximate surface area is 131 Å². The van der Waals surface area contributed by atoms with E-state index >= 15 is 0 Å². The number of methoxy groups -OCH3 is 1. The molecule has 0 radical (unpaired) electrons. The number of fused-ring (bicyclic) bond motifs is 2. The lowest BCUT2D eigenvalue weighted by Gasteiger charge is -2.53. The fraction of sp³-hybridized carbons (Fsp3) is 0.556. The van der Waals surface area contributed by atoms with Gasteiger partial charge in [-0.05, 0) is 49.5 Å². The Balaban J connectivity index is 1.98. The van der Waals surface area contributed by atoms with Gasteiger partial charge >= 0.3 is 0 Å². The van der Waals surface area contributed by atoms with E-state index in [1.54, 1.807) is 0 Å². The van der Waals surface area contributed by atoms with Gasteiger partial charge in [-0.2, -0.15) is 0 Å². The highest BCUT2D eigenvalue weighted by Gasteiger charge is 2.51. The molecular weight excluding hydrogens is 274 g/mol. The molecule has 4 heteroatoms. The highest BCUT2D eigenvalue weighted by atomic mass is 16.5. The summed E-state index contributed by atoms with van der Waals surface area (Å²) in [6, 6.07) is 7.02. The molecule has 0 amide bonds. The third-order valence-electron chi connectivity index (χ3n) is 5.87. The molecule has 4 rings (SSSR count). The van der Waals surface area contributed by atoms with Gasteiger partial charge in [-0.3, -0.25) is 4.90 Å². The van der Waals surface area contributed by atoms with E-state index in [-0.39, 0.29) is 5.60 Å². The van der Waals surface area contributed by atoms with Crippen LogP contribution in [0.3, 0.4) is 0 Å². The van der Waals surface area contributed by atoms with Crippen LogP contribution >= 0.6 is 0 Å². The van der Waals surface area contributed by atoms with E-state index in [0.29, 0.717) is 12.0 Å². The number of piperidine rings is 1. The monoisotopic (exact) mass is 299 g/mol. The van der Waals surface area contributed by atoms with E-state index in [4.69, 9.17) is 10.5 Å². The Morgan fingerprint density at radius 1 is 1.36 bits per heavy atom. The second-order valence-corrected chi connectivity index (χ2v) is 7.02. The zero-order valence-electron chi connectivity index (χ0n) is 13.7. The molecule has 2 N–H and O–H groups in total. The smallest absolute Gasteiger partial charge is 0.109 e. The van der Waals surface area contributed by atoms with Crippen molar-refractivity contribution in [3.8, 4) is 0 Å². The number of likely N-dealkylation sites (tertiary alicyclic amines) is 1. The summed E-state index contributed by atoms with van der Waals surface area (Å²) in [5, 5.41) is 1.40. The molecule has 4 nitrogen and oxygen atoms in total. The number of nitrogens with zero attached hydrogens (tertiary/aromatic N) is 2. The van der Waals surface area contributed by atoms with Crippen LogP contribution in [-0.2, 0) is 23.8 Å². The van der Waals surface area contributed by atoms with Crippen LogP contribution in [-0.4, -0.2) is 42.8 Å². The van der Waals surface area contributed by atoms with Crippen molar-refractivity contribution in [1.82, 2.24) is 9.47 Å². The Morgan fingerprint density at radius 3 is 2.91 bits per heavy atom. The molecule has 1 aromatic heterocycles. The van der Waals surface area contributed by atoms with Crippen LogP contribution in [0.4, 0.5) is 0 Å². The van der Waals surface area contributed by atoms with Gasteiger partial charge in [0.1, 0.15) is 5.60 Å². The molecule has 3 atom stereocenters. The molecule has 1 aromatic carbocycles. The van der Waals surface area contributed by atoms with Crippen molar-refractivity contribution in [2.24, 2.45) is 18.7 Å². The molecule has 1 unspecified atom stereocenters. The lowest BCUT2D eigenvalue weighted by Crippen LogP contribution is -2.60. The molecule has 0 bridgehead atoms. The molecule has 0 saturated carbocycles. The fourth-order valence-electron chi connectivity index (χ4n) is 4.87. The number of nitrogens with two attached hydrogens (primary N) is 1. The first-order valence-electron chi connectivity index (χ1n) is 8.13. The van der Waals surface area contributed by atoms with E-state index in [2.05, 4.69) is 48.0 Å². The third kappa shape index (κ3) is 1.69. The summed E-state index contributed by atoms with van der Waals surface area (Å²) in [6.45, 7) is 1.78. The number of hydrogen-bond donors (Lipinski definition) is 1. The predicted octanol–water partition coefficient (Wildman–Crippen LogP) is 1.86. The molecule has 22 heavy (non-hydrogen) atoms. The van der Waals surface area contributed by atoms with Crippen molar-refractivity contribution in [1.29, 1.82) is 0 Å². The summed E-state index contributed by atoms with van der Waals surface area (Å²) in [5.41, 5.74) is 9.88. The van der Waals surface area contributed by atoms with Crippen LogP contribution in [0, 0.1) is 5.92 Å². The van der Waals surface area contributed by atoms with Crippen LogP contribution in [0.25, 0.3) is 10.9 Å². The van der Waals surface area contributed by atoms with Gasteiger partial charge in [0.25, 0.3) is 0 Å². The largest absolute Gasteiger partial charge is 0.372 e. The van der Waals surface area contributed by atoms with Crippen molar-refractivity contribution in [3.63, 3.8) is 0 Å². The first-order chi connectivity index (χ1) is 10.6. The summed E-state index contributed by atoms with van der Waals surface area (Å²) in [7, 11) is 6.22.